The molecule has 1 amide bonds. The van der Waals surface area contributed by atoms with E-state index in [4.69, 9.17) is 5.73 Å². The highest BCUT2D eigenvalue weighted by Crippen LogP contribution is 2.14. The fourth-order valence-electron chi connectivity index (χ4n) is 1.58. The van der Waals surface area contributed by atoms with Crippen molar-refractivity contribution in [2.45, 2.75) is 6.42 Å². The molecule has 1 aromatic heterocycles. The van der Waals surface area contributed by atoms with Crippen LogP contribution in [-0.2, 0) is 6.42 Å². The van der Waals surface area contributed by atoms with Crippen molar-refractivity contribution in [3.63, 3.8) is 0 Å². The molecule has 4 heteroatoms. The second kappa shape index (κ2) is 5.59. The number of hydrogen-bond acceptors (Lipinski definition) is 2. The Labute approximate surface area is 105 Å². The van der Waals surface area contributed by atoms with Gasteiger partial charge in [0.25, 0.3) is 5.91 Å². The molecule has 17 heavy (non-hydrogen) atoms. The van der Waals surface area contributed by atoms with Crippen LogP contribution in [-0.4, -0.2) is 15.6 Å². The topological polar surface area (TPSA) is 48.0 Å². The number of carbonyl (C=O) groups is 1. The van der Waals surface area contributed by atoms with Crippen molar-refractivity contribution in [2.75, 3.05) is 5.75 Å². The maximum atomic E-state index is 11.1. The lowest BCUT2D eigenvalue weighted by Gasteiger charge is -2.05. The molecule has 0 unspecified atom stereocenters. The summed E-state index contributed by atoms with van der Waals surface area (Å²) in [6.07, 6.45) is 2.83. The van der Waals surface area contributed by atoms with E-state index >= 15 is 0 Å². The molecule has 0 radical (unpaired) electrons. The molecule has 0 saturated heterocycles. The first-order valence-electron chi connectivity index (χ1n) is 5.42. The molecule has 0 aliphatic carbocycles. The smallest absolute Gasteiger partial charge is 0.266 e. The second-order valence-corrected chi connectivity index (χ2v) is 4.71. The van der Waals surface area contributed by atoms with Gasteiger partial charge >= 0.3 is 0 Å². The molecule has 3 nitrogen and oxygen atoms in total. The van der Waals surface area contributed by atoms with Crippen molar-refractivity contribution in [3.8, 4) is 0 Å². The number of aromatic nitrogens is 1. The molecule has 1 heterocycles. The number of aryl methyl sites for hydroxylation is 1. The van der Waals surface area contributed by atoms with Crippen LogP contribution in [0.3, 0.4) is 0 Å². The summed E-state index contributed by atoms with van der Waals surface area (Å²) in [7, 11) is 0. The summed E-state index contributed by atoms with van der Waals surface area (Å²) in [4.78, 5) is 11.1. The molecule has 0 bridgehead atoms. The summed E-state index contributed by atoms with van der Waals surface area (Å²) in [5.41, 5.74) is 7.11. The van der Waals surface area contributed by atoms with Crippen LogP contribution in [0.1, 0.15) is 16.1 Å². The zero-order valence-corrected chi connectivity index (χ0v) is 10.2. The molecule has 1 aromatic carbocycles. The Morgan fingerprint density at radius 2 is 1.94 bits per heavy atom. The first-order valence-corrected chi connectivity index (χ1v) is 6.36. The van der Waals surface area contributed by atoms with Gasteiger partial charge in [-0.2, -0.15) is 0 Å². The van der Waals surface area contributed by atoms with Crippen molar-refractivity contribution in [2.24, 2.45) is 5.73 Å². The maximum Gasteiger partial charge on any atom is 0.266 e. The Kier molecular flexibility index (Phi) is 3.88. The quantitative estimate of drug-likeness (QED) is 0.880. The molecule has 88 valence electrons. The minimum atomic E-state index is -0.387. The highest BCUT2D eigenvalue weighted by atomic mass is 32.2. The highest BCUT2D eigenvalue weighted by molar-refractivity contribution is 7.97. The van der Waals surface area contributed by atoms with Crippen LogP contribution in [0, 0.1) is 0 Å². The van der Waals surface area contributed by atoms with Gasteiger partial charge in [-0.3, -0.25) is 8.77 Å². The van der Waals surface area contributed by atoms with Crippen molar-refractivity contribution in [3.05, 3.63) is 59.9 Å². The number of rotatable bonds is 5. The van der Waals surface area contributed by atoms with Crippen molar-refractivity contribution in [1.82, 2.24) is 3.97 Å². The van der Waals surface area contributed by atoms with Gasteiger partial charge in [0.05, 0.1) is 0 Å². The summed E-state index contributed by atoms with van der Waals surface area (Å²) in [6.45, 7) is 0. The summed E-state index contributed by atoms with van der Waals surface area (Å²) < 4.78 is 1.82. The molecule has 2 N–H and O–H groups in total. The van der Waals surface area contributed by atoms with E-state index in [1.54, 1.807) is 18.0 Å². The molecule has 0 aliphatic rings. The lowest BCUT2D eigenvalue weighted by atomic mass is 10.2. The molecule has 0 saturated carbocycles. The Morgan fingerprint density at radius 1 is 1.18 bits per heavy atom. The van der Waals surface area contributed by atoms with Gasteiger partial charge in [-0.05, 0) is 36.1 Å². The van der Waals surface area contributed by atoms with Gasteiger partial charge < -0.3 is 5.73 Å². The first kappa shape index (κ1) is 11.8. The summed E-state index contributed by atoms with van der Waals surface area (Å²) >= 11 is 1.59. The van der Waals surface area contributed by atoms with Gasteiger partial charge in [-0.1, -0.05) is 30.3 Å². The van der Waals surface area contributed by atoms with Crippen LogP contribution in [0.2, 0.25) is 0 Å². The van der Waals surface area contributed by atoms with Crippen molar-refractivity contribution >= 4 is 17.9 Å². The minimum Gasteiger partial charge on any atom is -0.364 e. The minimum absolute atomic E-state index is 0.387. The first-order chi connectivity index (χ1) is 8.27. The van der Waals surface area contributed by atoms with Gasteiger partial charge in [0.15, 0.2) is 0 Å². The fourth-order valence-corrected chi connectivity index (χ4v) is 2.55. The summed E-state index contributed by atoms with van der Waals surface area (Å²) in [5.74, 6) is 0.529. The average molecular weight is 246 g/mol. The average Bonchev–Trinajstić information content (AvgIpc) is 2.79. The van der Waals surface area contributed by atoms with E-state index in [2.05, 4.69) is 12.1 Å². The Hall–Kier alpha value is -1.68. The number of hydrogen-bond donors (Lipinski definition) is 1. The van der Waals surface area contributed by atoms with E-state index in [1.807, 2.05) is 34.4 Å². The van der Waals surface area contributed by atoms with Crippen LogP contribution in [0.4, 0.5) is 0 Å². The Balaban J connectivity index is 1.90. The van der Waals surface area contributed by atoms with Gasteiger partial charge in [0.2, 0.25) is 0 Å². The van der Waals surface area contributed by atoms with Gasteiger partial charge in [0.1, 0.15) is 5.69 Å². The SMILES string of the molecule is NC(=O)c1cccn1SCCc1ccccc1. The van der Waals surface area contributed by atoms with Crippen LogP contribution >= 0.6 is 11.9 Å². The van der Waals surface area contributed by atoms with Crippen LogP contribution in [0.25, 0.3) is 0 Å². The Morgan fingerprint density at radius 3 is 2.65 bits per heavy atom. The standard InChI is InChI=1S/C13H14N2OS/c14-13(16)12-7-4-9-15(12)17-10-8-11-5-2-1-3-6-11/h1-7,9H,8,10H2,(H2,14,16). The monoisotopic (exact) mass is 246 g/mol. The molecule has 0 atom stereocenters. The number of carbonyl (C=O) groups excluding carboxylic acids is 1. The Bertz CT molecular complexity index is 493. The van der Waals surface area contributed by atoms with Crippen molar-refractivity contribution in [1.29, 1.82) is 0 Å². The molecule has 2 aromatic rings. The molecular formula is C13H14N2OS. The third-order valence-electron chi connectivity index (χ3n) is 2.43. The van der Waals surface area contributed by atoms with E-state index in [-0.39, 0.29) is 5.91 Å². The van der Waals surface area contributed by atoms with Crippen LogP contribution < -0.4 is 5.73 Å². The number of amides is 1. The van der Waals surface area contributed by atoms with E-state index in [0.29, 0.717) is 5.69 Å². The van der Waals surface area contributed by atoms with E-state index < -0.39 is 0 Å². The predicted molar refractivity (Wildman–Crippen MR) is 71.0 cm³/mol. The van der Waals surface area contributed by atoms with Crippen LogP contribution in [0.15, 0.2) is 48.7 Å². The number of primary amides is 1. The normalized spacial score (nSPS) is 10.4. The second-order valence-electron chi connectivity index (χ2n) is 3.65. The number of nitrogens with two attached hydrogens (primary N) is 1. The zero-order valence-electron chi connectivity index (χ0n) is 9.37. The van der Waals surface area contributed by atoms with Crippen molar-refractivity contribution < 1.29 is 4.79 Å². The molecular weight excluding hydrogens is 232 g/mol. The molecule has 0 spiro atoms. The number of benzene rings is 1. The fraction of sp³-hybridized carbons (Fsp3) is 0.154. The van der Waals surface area contributed by atoms with Gasteiger partial charge in [-0.25, -0.2) is 0 Å². The number of nitrogens with zero attached hydrogens (tertiary/aromatic N) is 1. The van der Waals surface area contributed by atoms with E-state index in [1.165, 1.54) is 5.56 Å². The largest absolute Gasteiger partial charge is 0.364 e. The van der Waals surface area contributed by atoms with Gasteiger partial charge in [0, 0.05) is 11.9 Å². The summed E-state index contributed by atoms with van der Waals surface area (Å²) in [6, 6.07) is 13.8. The lowest BCUT2D eigenvalue weighted by Crippen LogP contribution is -2.14. The molecule has 2 rings (SSSR count). The van der Waals surface area contributed by atoms with E-state index in [0.717, 1.165) is 12.2 Å². The molecule has 0 fully saturated rings. The third kappa shape index (κ3) is 3.14. The third-order valence-corrected chi connectivity index (χ3v) is 3.41. The summed E-state index contributed by atoms with van der Waals surface area (Å²) in [5, 5.41) is 0. The van der Waals surface area contributed by atoms with Gasteiger partial charge in [-0.15, -0.1) is 0 Å². The zero-order chi connectivity index (χ0) is 12.1. The van der Waals surface area contributed by atoms with Crippen LogP contribution in [0.5, 0.6) is 0 Å². The predicted octanol–water partition coefficient (Wildman–Crippen LogP) is 2.33. The lowest BCUT2D eigenvalue weighted by molar-refractivity contribution is 0.0995. The van der Waals surface area contributed by atoms with E-state index in [9.17, 15) is 4.79 Å². The maximum absolute atomic E-state index is 11.1. The highest BCUT2D eigenvalue weighted by Gasteiger charge is 2.06. The molecule has 0 aliphatic heterocycles.